The third-order valence-electron chi connectivity index (χ3n) is 2.05. The molecule has 4 heteroatoms. The van der Waals surface area contributed by atoms with Gasteiger partial charge in [0.05, 0.1) is 12.7 Å². The highest BCUT2D eigenvalue weighted by Crippen LogP contribution is 2.11. The lowest BCUT2D eigenvalue weighted by molar-refractivity contribution is -0.119. The summed E-state index contributed by atoms with van der Waals surface area (Å²) in [5.41, 5.74) is 0.491. The van der Waals surface area contributed by atoms with Gasteiger partial charge in [0.2, 0.25) is 5.91 Å². The van der Waals surface area contributed by atoms with Crippen LogP contribution in [-0.2, 0) is 14.3 Å². The van der Waals surface area contributed by atoms with Gasteiger partial charge in [0.25, 0.3) is 0 Å². The van der Waals surface area contributed by atoms with Gasteiger partial charge in [-0.05, 0) is 19.8 Å². The van der Waals surface area contributed by atoms with Crippen LogP contribution >= 0.6 is 0 Å². The Hall–Kier alpha value is -0.870. The predicted octanol–water partition coefficient (Wildman–Crippen LogP) is 0.832. The zero-order valence-corrected chi connectivity index (χ0v) is 8.54. The zero-order chi connectivity index (χ0) is 10.4. The van der Waals surface area contributed by atoms with E-state index in [0.29, 0.717) is 12.2 Å². The summed E-state index contributed by atoms with van der Waals surface area (Å²) in [7, 11) is 0. The minimum atomic E-state index is -0.169. The largest absolute Gasteiger partial charge is 0.376 e. The maximum atomic E-state index is 11.0. The fourth-order valence-corrected chi connectivity index (χ4v) is 1.23. The molecule has 1 fully saturated rings. The summed E-state index contributed by atoms with van der Waals surface area (Å²) in [6.45, 7) is 6.79. The molecule has 1 heterocycles. The van der Waals surface area contributed by atoms with Crippen molar-refractivity contribution in [2.45, 2.75) is 25.9 Å². The van der Waals surface area contributed by atoms with Crippen molar-refractivity contribution in [2.75, 3.05) is 19.9 Å². The Kier molecular flexibility index (Phi) is 4.62. The molecule has 0 aromatic rings. The number of hydrogen-bond acceptors (Lipinski definition) is 3. The van der Waals surface area contributed by atoms with E-state index < -0.39 is 0 Å². The summed E-state index contributed by atoms with van der Waals surface area (Å²) >= 11 is 0. The number of hydrogen-bond donors (Lipinski definition) is 1. The second-order valence-corrected chi connectivity index (χ2v) is 3.44. The quantitative estimate of drug-likeness (QED) is 0.405. The van der Waals surface area contributed by atoms with Crippen LogP contribution in [0.15, 0.2) is 12.2 Å². The first-order valence-electron chi connectivity index (χ1n) is 4.83. The molecule has 1 unspecified atom stereocenters. The van der Waals surface area contributed by atoms with Gasteiger partial charge in [-0.15, -0.1) is 0 Å². The normalized spacial score (nSPS) is 20.8. The fraction of sp³-hybridized carbons (Fsp3) is 0.700. The van der Waals surface area contributed by atoms with Crippen LogP contribution in [0.3, 0.4) is 0 Å². The SMILES string of the molecule is C=C(C)C(=O)NCOCC1CCCO1. The van der Waals surface area contributed by atoms with E-state index in [-0.39, 0.29) is 18.7 Å². The van der Waals surface area contributed by atoms with Crippen molar-refractivity contribution in [1.82, 2.24) is 5.32 Å². The summed E-state index contributed by atoms with van der Waals surface area (Å²) in [5.74, 6) is -0.169. The standard InChI is InChI=1S/C10H17NO3/c1-8(2)10(12)11-7-13-6-9-4-3-5-14-9/h9H,1,3-7H2,2H3,(H,11,12). The number of carbonyl (C=O) groups is 1. The van der Waals surface area contributed by atoms with E-state index in [2.05, 4.69) is 11.9 Å². The van der Waals surface area contributed by atoms with Crippen LogP contribution in [0.4, 0.5) is 0 Å². The number of ether oxygens (including phenoxy) is 2. The van der Waals surface area contributed by atoms with Gasteiger partial charge in [-0.1, -0.05) is 6.58 Å². The molecule has 0 aliphatic carbocycles. The smallest absolute Gasteiger partial charge is 0.248 e. The molecular weight excluding hydrogens is 182 g/mol. The van der Waals surface area contributed by atoms with Gasteiger partial charge in [0.1, 0.15) is 6.73 Å². The Morgan fingerprint density at radius 2 is 2.50 bits per heavy atom. The average Bonchev–Trinajstić information content (AvgIpc) is 2.64. The van der Waals surface area contributed by atoms with Crippen molar-refractivity contribution in [3.05, 3.63) is 12.2 Å². The molecule has 0 bridgehead atoms. The Labute approximate surface area is 84.3 Å². The first kappa shape index (κ1) is 11.2. The van der Waals surface area contributed by atoms with Crippen LogP contribution in [0, 0.1) is 0 Å². The molecule has 4 nitrogen and oxygen atoms in total. The van der Waals surface area contributed by atoms with Gasteiger partial charge in [0.15, 0.2) is 0 Å². The van der Waals surface area contributed by atoms with Crippen LogP contribution < -0.4 is 5.32 Å². The first-order chi connectivity index (χ1) is 6.70. The van der Waals surface area contributed by atoms with Gasteiger partial charge in [-0.25, -0.2) is 0 Å². The van der Waals surface area contributed by atoms with Crippen LogP contribution in [0.2, 0.25) is 0 Å². The second kappa shape index (κ2) is 5.78. The molecule has 0 saturated carbocycles. The molecule has 14 heavy (non-hydrogen) atoms. The van der Waals surface area contributed by atoms with Crippen LogP contribution in [0.5, 0.6) is 0 Å². The summed E-state index contributed by atoms with van der Waals surface area (Å²) in [4.78, 5) is 11.0. The molecule has 0 radical (unpaired) electrons. The van der Waals surface area contributed by atoms with Crippen molar-refractivity contribution >= 4 is 5.91 Å². The third-order valence-corrected chi connectivity index (χ3v) is 2.05. The number of rotatable bonds is 5. The van der Waals surface area contributed by atoms with E-state index >= 15 is 0 Å². The summed E-state index contributed by atoms with van der Waals surface area (Å²) in [6, 6.07) is 0. The maximum Gasteiger partial charge on any atom is 0.248 e. The zero-order valence-electron chi connectivity index (χ0n) is 8.54. The van der Waals surface area contributed by atoms with E-state index in [1.165, 1.54) is 0 Å². The number of nitrogens with one attached hydrogen (secondary N) is 1. The van der Waals surface area contributed by atoms with Crippen molar-refractivity contribution in [2.24, 2.45) is 0 Å². The van der Waals surface area contributed by atoms with Crippen molar-refractivity contribution in [3.8, 4) is 0 Å². The number of carbonyl (C=O) groups excluding carboxylic acids is 1. The summed E-state index contributed by atoms with van der Waals surface area (Å²) in [6.07, 6.45) is 2.36. The lowest BCUT2D eigenvalue weighted by Gasteiger charge is -2.10. The topological polar surface area (TPSA) is 47.6 Å². The molecule has 80 valence electrons. The van der Waals surface area contributed by atoms with E-state index in [4.69, 9.17) is 9.47 Å². The molecule has 0 aromatic heterocycles. The van der Waals surface area contributed by atoms with Gasteiger partial charge >= 0.3 is 0 Å². The van der Waals surface area contributed by atoms with E-state index in [0.717, 1.165) is 19.4 Å². The number of amides is 1. The molecule has 1 rings (SSSR count). The first-order valence-corrected chi connectivity index (χ1v) is 4.83. The third kappa shape index (κ3) is 3.89. The Morgan fingerprint density at radius 3 is 3.07 bits per heavy atom. The monoisotopic (exact) mass is 199 g/mol. The van der Waals surface area contributed by atoms with Crippen LogP contribution in [-0.4, -0.2) is 32.0 Å². The molecule has 1 atom stereocenters. The lowest BCUT2D eigenvalue weighted by Crippen LogP contribution is -2.28. The second-order valence-electron chi connectivity index (χ2n) is 3.44. The molecule has 1 N–H and O–H groups in total. The maximum absolute atomic E-state index is 11.0. The van der Waals surface area contributed by atoms with Crippen LogP contribution in [0.1, 0.15) is 19.8 Å². The van der Waals surface area contributed by atoms with E-state index in [1.54, 1.807) is 6.92 Å². The van der Waals surface area contributed by atoms with Gasteiger partial charge < -0.3 is 14.8 Å². The van der Waals surface area contributed by atoms with Crippen molar-refractivity contribution in [3.63, 3.8) is 0 Å². The van der Waals surface area contributed by atoms with Gasteiger partial charge in [-0.3, -0.25) is 4.79 Å². The van der Waals surface area contributed by atoms with Crippen molar-refractivity contribution < 1.29 is 14.3 Å². The minimum absolute atomic E-state index is 0.169. The molecule has 0 aromatic carbocycles. The molecule has 1 amide bonds. The average molecular weight is 199 g/mol. The fourth-order valence-electron chi connectivity index (χ4n) is 1.23. The Bertz CT molecular complexity index is 209. The summed E-state index contributed by atoms with van der Waals surface area (Å²) < 4.78 is 10.6. The van der Waals surface area contributed by atoms with Crippen LogP contribution in [0.25, 0.3) is 0 Å². The molecule has 0 spiro atoms. The molecule has 1 saturated heterocycles. The summed E-state index contributed by atoms with van der Waals surface area (Å²) in [5, 5.41) is 2.59. The molecular formula is C10H17NO3. The minimum Gasteiger partial charge on any atom is -0.376 e. The van der Waals surface area contributed by atoms with Gasteiger partial charge in [-0.2, -0.15) is 0 Å². The highest BCUT2D eigenvalue weighted by molar-refractivity contribution is 5.91. The molecule has 1 aliphatic heterocycles. The Morgan fingerprint density at radius 1 is 1.71 bits per heavy atom. The van der Waals surface area contributed by atoms with E-state index in [1.807, 2.05) is 0 Å². The van der Waals surface area contributed by atoms with Crippen molar-refractivity contribution in [1.29, 1.82) is 0 Å². The van der Waals surface area contributed by atoms with Gasteiger partial charge in [0, 0.05) is 12.2 Å². The van der Waals surface area contributed by atoms with E-state index in [9.17, 15) is 4.79 Å². The lowest BCUT2D eigenvalue weighted by atomic mass is 10.2. The highest BCUT2D eigenvalue weighted by Gasteiger charge is 2.15. The predicted molar refractivity (Wildman–Crippen MR) is 52.7 cm³/mol. The Balaban J connectivity index is 1.98. The highest BCUT2D eigenvalue weighted by atomic mass is 16.5. The molecule has 1 aliphatic rings.